The van der Waals surface area contributed by atoms with E-state index in [1.807, 2.05) is 30.3 Å². The van der Waals surface area contributed by atoms with E-state index < -0.39 is 21.3 Å². The maximum atomic E-state index is 13.4. The average Bonchev–Trinajstić information content (AvgIpc) is 3.22. The lowest BCUT2D eigenvalue weighted by Gasteiger charge is -2.26. The van der Waals surface area contributed by atoms with Gasteiger partial charge in [0.05, 0.1) is 48.6 Å². The number of fused-ring (bicyclic) bond motifs is 3. The molecule has 1 aromatic heterocycles. The summed E-state index contributed by atoms with van der Waals surface area (Å²) in [6.45, 7) is 1.75. The molecular weight excluding hydrogens is 478 g/mol. The van der Waals surface area contributed by atoms with Crippen LogP contribution in [0.15, 0.2) is 53.4 Å². The monoisotopic (exact) mass is 501 g/mol. The molecule has 2 aromatic carbocycles. The van der Waals surface area contributed by atoms with Crippen LogP contribution in [0.3, 0.4) is 0 Å². The number of hydrogen-bond acceptors (Lipinski definition) is 7. The lowest BCUT2D eigenvalue weighted by Crippen LogP contribution is -2.41. The third kappa shape index (κ3) is 4.49. The summed E-state index contributed by atoms with van der Waals surface area (Å²) in [6, 6.07) is 14.5. The van der Waals surface area contributed by atoms with Crippen molar-refractivity contribution < 1.29 is 26.7 Å². The fourth-order valence-electron chi connectivity index (χ4n) is 4.16. The lowest BCUT2D eigenvalue weighted by molar-refractivity contribution is 0.0298. The van der Waals surface area contributed by atoms with E-state index in [4.69, 9.17) is 14.0 Å². The van der Waals surface area contributed by atoms with Crippen LogP contribution < -0.4 is 0 Å². The van der Waals surface area contributed by atoms with Crippen molar-refractivity contribution in [3.63, 3.8) is 0 Å². The Kier molecular flexibility index (Phi) is 6.21. The summed E-state index contributed by atoms with van der Waals surface area (Å²) in [4.78, 5) is 15.8. The van der Waals surface area contributed by atoms with Gasteiger partial charge in [-0.3, -0.25) is 8.98 Å². The van der Waals surface area contributed by atoms with Crippen LogP contribution in [0.2, 0.25) is 0 Å². The molecule has 1 fully saturated rings. The Labute approximate surface area is 200 Å². The first-order valence-electron chi connectivity index (χ1n) is 10.7. The fourth-order valence-corrected chi connectivity index (χ4v) is 5.84. The predicted octanol–water partition coefficient (Wildman–Crippen LogP) is 2.11. The molecule has 2 aliphatic rings. The van der Waals surface area contributed by atoms with Crippen LogP contribution in [0.25, 0.3) is 16.9 Å². The Bertz CT molecular complexity index is 1350. The van der Waals surface area contributed by atoms with Crippen molar-refractivity contribution in [2.24, 2.45) is 0 Å². The van der Waals surface area contributed by atoms with Gasteiger partial charge in [-0.25, -0.2) is 4.68 Å². The van der Waals surface area contributed by atoms with E-state index in [0.29, 0.717) is 53.7 Å². The van der Waals surface area contributed by atoms with Crippen molar-refractivity contribution >= 4 is 27.2 Å². The molecule has 2 aliphatic heterocycles. The van der Waals surface area contributed by atoms with Gasteiger partial charge in [-0.05, 0) is 41.0 Å². The van der Waals surface area contributed by atoms with Gasteiger partial charge in [0.1, 0.15) is 5.75 Å². The maximum Gasteiger partial charge on any atom is 0.275 e. The molecule has 0 aliphatic carbocycles. The summed E-state index contributed by atoms with van der Waals surface area (Å²) in [5, 5.41) is 4.71. The van der Waals surface area contributed by atoms with Crippen molar-refractivity contribution in [2.45, 2.75) is 17.3 Å². The van der Waals surface area contributed by atoms with E-state index in [2.05, 4.69) is 0 Å². The van der Waals surface area contributed by atoms with Gasteiger partial charge in [0, 0.05) is 13.1 Å². The highest BCUT2D eigenvalue weighted by Crippen LogP contribution is 2.40. The van der Waals surface area contributed by atoms with Crippen LogP contribution in [0.5, 0.6) is 0 Å². The summed E-state index contributed by atoms with van der Waals surface area (Å²) in [7, 11) is -3.60. The number of carbonyl (C=O) groups excluding carboxylic acids is 1. The Morgan fingerprint density at radius 1 is 1.18 bits per heavy atom. The van der Waals surface area contributed by atoms with Gasteiger partial charge in [-0.2, -0.15) is 13.5 Å². The van der Waals surface area contributed by atoms with Crippen LogP contribution in [0, 0.1) is 0 Å². The fraction of sp³-hybridized carbons (Fsp3) is 0.304. The quantitative estimate of drug-likeness (QED) is 0.389. The van der Waals surface area contributed by atoms with Crippen molar-refractivity contribution in [1.29, 1.82) is 0 Å². The summed E-state index contributed by atoms with van der Waals surface area (Å²) in [5.41, 5.74) is 3.68. The van der Waals surface area contributed by atoms with Crippen LogP contribution >= 0.6 is 0 Å². The first-order valence-corrected chi connectivity index (χ1v) is 13.9. The molecule has 9 nitrogen and oxygen atoms in total. The molecule has 3 aromatic rings. The smallest absolute Gasteiger partial charge is 0.275 e. The number of amides is 1. The number of nitrogens with zero attached hydrogens (tertiary/aromatic N) is 3. The summed E-state index contributed by atoms with van der Waals surface area (Å²) in [6.07, 6.45) is 1.00. The Balaban J connectivity index is 1.63. The maximum absolute atomic E-state index is 13.4. The van der Waals surface area contributed by atoms with E-state index in [9.17, 15) is 17.8 Å². The van der Waals surface area contributed by atoms with Crippen molar-refractivity contribution in [3.05, 3.63) is 65.4 Å². The third-order valence-corrected chi connectivity index (χ3v) is 7.69. The van der Waals surface area contributed by atoms with E-state index >= 15 is 0 Å². The first kappa shape index (κ1) is 23.1. The summed E-state index contributed by atoms with van der Waals surface area (Å²) < 4.78 is 47.9. The molecule has 0 radical (unpaired) electrons. The number of aromatic nitrogens is 2. The Morgan fingerprint density at radius 3 is 2.71 bits per heavy atom. The number of hydrogen-bond donors (Lipinski definition) is 0. The predicted molar refractivity (Wildman–Crippen MR) is 125 cm³/mol. The largest absolute Gasteiger partial charge is 0.611 e. The Morgan fingerprint density at radius 2 is 1.94 bits per heavy atom. The SMILES string of the molecule is CS(=O)(=O)OCc1cccc(-n2nc(C(=O)N3CCOCC3)c3c2-c2ccccc2[S+]([O-])C3)c1. The highest BCUT2D eigenvalue weighted by molar-refractivity contribution is 7.90. The normalized spacial score (nSPS) is 17.8. The number of morpholine rings is 1. The van der Waals surface area contributed by atoms with E-state index in [-0.39, 0.29) is 24.0 Å². The van der Waals surface area contributed by atoms with Crippen LogP contribution in [-0.2, 0) is 42.6 Å². The van der Waals surface area contributed by atoms with Gasteiger partial charge in [0.15, 0.2) is 10.6 Å². The van der Waals surface area contributed by atoms with Crippen molar-refractivity contribution in [3.8, 4) is 16.9 Å². The summed E-state index contributed by atoms with van der Waals surface area (Å²) >= 11 is -1.30. The van der Waals surface area contributed by atoms with Gasteiger partial charge >= 0.3 is 0 Å². The van der Waals surface area contributed by atoms with Gasteiger partial charge in [-0.1, -0.05) is 24.3 Å². The number of carbonyl (C=O) groups is 1. The van der Waals surface area contributed by atoms with E-state index in [1.54, 1.807) is 27.8 Å². The first-order chi connectivity index (χ1) is 16.3. The highest BCUT2D eigenvalue weighted by atomic mass is 32.2. The number of benzene rings is 2. The zero-order valence-corrected chi connectivity index (χ0v) is 20.1. The second-order valence-corrected chi connectivity index (χ2v) is 11.2. The molecular formula is C23H23N3O6S2. The topological polar surface area (TPSA) is 114 Å². The van der Waals surface area contributed by atoms with Crippen molar-refractivity contribution in [2.75, 3.05) is 32.6 Å². The molecule has 0 spiro atoms. The lowest BCUT2D eigenvalue weighted by atomic mass is 10.0. The molecule has 1 unspecified atom stereocenters. The second-order valence-electron chi connectivity index (χ2n) is 8.11. The molecule has 5 rings (SSSR count). The van der Waals surface area contributed by atoms with Gasteiger partial charge < -0.3 is 14.2 Å². The molecule has 1 saturated heterocycles. The van der Waals surface area contributed by atoms with Gasteiger partial charge in [-0.15, -0.1) is 0 Å². The van der Waals surface area contributed by atoms with Crippen molar-refractivity contribution in [1.82, 2.24) is 14.7 Å². The van der Waals surface area contributed by atoms with E-state index in [1.165, 1.54) is 0 Å². The zero-order chi connectivity index (χ0) is 23.9. The van der Waals surface area contributed by atoms with Gasteiger partial charge in [0.2, 0.25) is 0 Å². The molecule has 34 heavy (non-hydrogen) atoms. The molecule has 1 atom stereocenters. The molecule has 178 valence electrons. The minimum Gasteiger partial charge on any atom is -0.611 e. The molecule has 0 bridgehead atoms. The number of ether oxygens (including phenoxy) is 1. The van der Waals surface area contributed by atoms with Gasteiger partial charge in [0.25, 0.3) is 16.0 Å². The molecule has 1 amide bonds. The number of rotatable bonds is 5. The highest BCUT2D eigenvalue weighted by Gasteiger charge is 2.37. The minimum absolute atomic E-state index is 0.115. The van der Waals surface area contributed by atoms with Crippen LogP contribution in [-0.4, -0.2) is 66.1 Å². The van der Waals surface area contributed by atoms with E-state index in [0.717, 1.165) is 11.8 Å². The molecule has 0 saturated carbocycles. The second kappa shape index (κ2) is 9.16. The molecule has 3 heterocycles. The average molecular weight is 502 g/mol. The Hall–Kier alpha value is -2.70. The zero-order valence-electron chi connectivity index (χ0n) is 18.5. The third-order valence-electron chi connectivity index (χ3n) is 5.74. The molecule has 0 N–H and O–H groups in total. The summed E-state index contributed by atoms with van der Waals surface area (Å²) in [5.74, 6) is -0.0273. The standard InChI is InChI=1S/C23H23N3O6S2/c1-34(29,30)32-14-16-5-4-6-17(13-16)26-22-18-7-2-3-8-20(18)33(28)15-19(22)21(24-26)23(27)25-9-11-31-12-10-25/h2-8,13H,9-12,14-15H2,1H3. The van der Waals surface area contributed by atoms with Crippen LogP contribution in [0.4, 0.5) is 0 Å². The molecule has 11 heteroatoms. The minimum atomic E-state index is -3.60. The van der Waals surface area contributed by atoms with Crippen LogP contribution in [0.1, 0.15) is 21.6 Å².